The molecular weight excluding hydrogens is 238 g/mol. The number of aryl methyl sites for hydroxylation is 2. The highest BCUT2D eigenvalue weighted by Crippen LogP contribution is 2.23. The molecule has 0 atom stereocenters. The Morgan fingerprint density at radius 1 is 1.16 bits per heavy atom. The molecule has 1 amide bonds. The molecule has 3 nitrogen and oxygen atoms in total. The first kappa shape index (κ1) is 13.7. The molecule has 1 aliphatic heterocycles. The van der Waals surface area contributed by atoms with Gasteiger partial charge in [0.05, 0.1) is 0 Å². The van der Waals surface area contributed by atoms with Crippen molar-refractivity contribution < 1.29 is 9.90 Å². The number of piperidine rings is 1. The van der Waals surface area contributed by atoms with E-state index in [1.165, 1.54) is 6.42 Å². The molecule has 2 rings (SSSR count). The van der Waals surface area contributed by atoms with Crippen LogP contribution in [0.25, 0.3) is 6.08 Å². The highest BCUT2D eigenvalue weighted by atomic mass is 16.3. The zero-order valence-corrected chi connectivity index (χ0v) is 11.6. The van der Waals surface area contributed by atoms with Crippen LogP contribution in [0.1, 0.15) is 36.0 Å². The van der Waals surface area contributed by atoms with E-state index in [2.05, 4.69) is 0 Å². The summed E-state index contributed by atoms with van der Waals surface area (Å²) in [6, 6.07) is 3.64. The first-order valence-corrected chi connectivity index (χ1v) is 6.85. The molecule has 0 aliphatic carbocycles. The number of rotatable bonds is 2. The molecule has 0 aromatic heterocycles. The van der Waals surface area contributed by atoms with Crippen molar-refractivity contribution in [2.45, 2.75) is 33.1 Å². The predicted molar refractivity (Wildman–Crippen MR) is 77.0 cm³/mol. The fraction of sp³-hybridized carbons (Fsp3) is 0.438. The molecule has 1 aromatic rings. The lowest BCUT2D eigenvalue weighted by atomic mass is 10.0. The third-order valence-electron chi connectivity index (χ3n) is 3.72. The fourth-order valence-electron chi connectivity index (χ4n) is 2.34. The highest BCUT2D eigenvalue weighted by Gasteiger charge is 2.13. The molecule has 0 unspecified atom stereocenters. The molecule has 1 heterocycles. The first-order chi connectivity index (χ1) is 9.08. The molecule has 0 radical (unpaired) electrons. The van der Waals surface area contributed by atoms with Gasteiger partial charge in [-0.3, -0.25) is 4.79 Å². The Hall–Kier alpha value is -1.77. The minimum atomic E-state index is 0.0392. The van der Waals surface area contributed by atoms with Gasteiger partial charge in [-0.1, -0.05) is 0 Å². The van der Waals surface area contributed by atoms with Gasteiger partial charge in [0.15, 0.2) is 0 Å². The van der Waals surface area contributed by atoms with Crippen molar-refractivity contribution in [3.05, 3.63) is 34.9 Å². The van der Waals surface area contributed by atoms with Crippen LogP contribution in [0, 0.1) is 13.8 Å². The lowest BCUT2D eigenvalue weighted by molar-refractivity contribution is -0.126. The summed E-state index contributed by atoms with van der Waals surface area (Å²) in [6.07, 6.45) is 6.67. The third kappa shape index (κ3) is 3.37. The molecule has 0 bridgehead atoms. The highest BCUT2D eigenvalue weighted by molar-refractivity contribution is 5.92. The van der Waals surface area contributed by atoms with Gasteiger partial charge in [0.25, 0.3) is 0 Å². The van der Waals surface area contributed by atoms with Crippen molar-refractivity contribution in [3.63, 3.8) is 0 Å². The van der Waals surface area contributed by atoms with Crippen LogP contribution in [-0.4, -0.2) is 29.0 Å². The predicted octanol–water partition coefficient (Wildman–Crippen LogP) is 3.03. The van der Waals surface area contributed by atoms with Gasteiger partial charge in [0.1, 0.15) is 5.75 Å². The Kier molecular flexibility index (Phi) is 4.25. The minimum Gasteiger partial charge on any atom is -0.507 e. The molecule has 0 spiro atoms. The molecule has 1 saturated heterocycles. The van der Waals surface area contributed by atoms with Gasteiger partial charge in [-0.05, 0) is 62.4 Å². The zero-order chi connectivity index (χ0) is 13.8. The van der Waals surface area contributed by atoms with E-state index < -0.39 is 0 Å². The molecule has 1 aliphatic rings. The van der Waals surface area contributed by atoms with Crippen LogP contribution in [0.4, 0.5) is 0 Å². The minimum absolute atomic E-state index is 0.0392. The Bertz CT molecular complexity index is 500. The Morgan fingerprint density at radius 2 is 1.79 bits per heavy atom. The molecule has 1 aromatic carbocycles. The van der Waals surface area contributed by atoms with Gasteiger partial charge in [-0.25, -0.2) is 0 Å². The topological polar surface area (TPSA) is 40.5 Å². The van der Waals surface area contributed by atoms with E-state index in [1.807, 2.05) is 24.8 Å². The number of likely N-dealkylation sites (tertiary alicyclic amines) is 1. The summed E-state index contributed by atoms with van der Waals surface area (Å²) in [5, 5.41) is 9.86. The SMILES string of the molecule is Cc1cc(O)c(/C=C/C(=O)N2CCCCC2)cc1C. The molecule has 0 saturated carbocycles. The van der Waals surface area contributed by atoms with Gasteiger partial charge in [0.2, 0.25) is 5.91 Å². The van der Waals surface area contributed by atoms with Crippen LogP contribution in [-0.2, 0) is 4.79 Å². The smallest absolute Gasteiger partial charge is 0.246 e. The fourth-order valence-corrected chi connectivity index (χ4v) is 2.34. The summed E-state index contributed by atoms with van der Waals surface area (Å²) in [7, 11) is 0. The largest absolute Gasteiger partial charge is 0.507 e. The summed E-state index contributed by atoms with van der Waals surface area (Å²) in [5.74, 6) is 0.267. The Labute approximate surface area is 114 Å². The van der Waals surface area contributed by atoms with Crippen molar-refractivity contribution in [1.82, 2.24) is 4.90 Å². The average molecular weight is 259 g/mol. The van der Waals surface area contributed by atoms with Gasteiger partial charge in [0, 0.05) is 24.7 Å². The van der Waals surface area contributed by atoms with Crippen molar-refractivity contribution in [1.29, 1.82) is 0 Å². The van der Waals surface area contributed by atoms with E-state index >= 15 is 0 Å². The van der Waals surface area contributed by atoms with Crippen LogP contribution in [0.15, 0.2) is 18.2 Å². The van der Waals surface area contributed by atoms with Crippen molar-refractivity contribution in [2.24, 2.45) is 0 Å². The van der Waals surface area contributed by atoms with E-state index in [-0.39, 0.29) is 11.7 Å². The molecule has 1 N–H and O–H groups in total. The number of amides is 1. The molecule has 102 valence electrons. The van der Waals surface area contributed by atoms with Crippen molar-refractivity contribution in [3.8, 4) is 5.75 Å². The summed E-state index contributed by atoms with van der Waals surface area (Å²) >= 11 is 0. The molecular formula is C16H21NO2. The number of nitrogens with zero attached hydrogens (tertiary/aromatic N) is 1. The van der Waals surface area contributed by atoms with Gasteiger partial charge >= 0.3 is 0 Å². The molecule has 1 fully saturated rings. The number of benzene rings is 1. The Balaban J connectivity index is 2.09. The van der Waals surface area contributed by atoms with Crippen molar-refractivity contribution in [2.75, 3.05) is 13.1 Å². The first-order valence-electron chi connectivity index (χ1n) is 6.85. The van der Waals surface area contributed by atoms with Crippen LogP contribution in [0.5, 0.6) is 5.75 Å². The second kappa shape index (κ2) is 5.91. The number of carbonyl (C=O) groups is 1. The standard InChI is InChI=1S/C16H21NO2/c1-12-10-14(15(18)11-13(12)2)6-7-16(19)17-8-4-3-5-9-17/h6-7,10-11,18H,3-5,8-9H2,1-2H3/b7-6+. The van der Waals surface area contributed by atoms with E-state index in [0.29, 0.717) is 5.56 Å². The van der Waals surface area contributed by atoms with E-state index in [4.69, 9.17) is 0 Å². The van der Waals surface area contributed by atoms with Crippen LogP contribution in [0.3, 0.4) is 0 Å². The molecule has 3 heteroatoms. The number of aromatic hydroxyl groups is 1. The van der Waals surface area contributed by atoms with Crippen LogP contribution >= 0.6 is 0 Å². The van der Waals surface area contributed by atoms with Gasteiger partial charge < -0.3 is 10.0 Å². The second-order valence-electron chi connectivity index (χ2n) is 5.21. The summed E-state index contributed by atoms with van der Waals surface area (Å²) in [6.45, 7) is 5.66. The second-order valence-corrected chi connectivity index (χ2v) is 5.21. The monoisotopic (exact) mass is 259 g/mol. The number of carbonyl (C=O) groups excluding carboxylic acids is 1. The van der Waals surface area contributed by atoms with Gasteiger partial charge in [-0.2, -0.15) is 0 Å². The maximum absolute atomic E-state index is 12.0. The summed E-state index contributed by atoms with van der Waals surface area (Å²) in [4.78, 5) is 13.9. The summed E-state index contributed by atoms with van der Waals surface area (Å²) in [5.41, 5.74) is 2.87. The maximum atomic E-state index is 12.0. The number of phenolic OH excluding ortho intramolecular Hbond substituents is 1. The lowest BCUT2D eigenvalue weighted by Gasteiger charge is -2.25. The van der Waals surface area contributed by atoms with Crippen LogP contribution in [0.2, 0.25) is 0 Å². The quantitative estimate of drug-likeness (QED) is 0.829. The van der Waals surface area contributed by atoms with E-state index in [9.17, 15) is 9.90 Å². The van der Waals surface area contributed by atoms with Crippen LogP contribution < -0.4 is 0 Å². The summed E-state index contributed by atoms with van der Waals surface area (Å²) < 4.78 is 0. The zero-order valence-electron chi connectivity index (χ0n) is 11.6. The van der Waals surface area contributed by atoms with Gasteiger partial charge in [-0.15, -0.1) is 0 Å². The maximum Gasteiger partial charge on any atom is 0.246 e. The molecule has 19 heavy (non-hydrogen) atoms. The third-order valence-corrected chi connectivity index (χ3v) is 3.72. The Morgan fingerprint density at radius 3 is 2.47 bits per heavy atom. The number of phenols is 1. The average Bonchev–Trinajstić information content (AvgIpc) is 2.42. The van der Waals surface area contributed by atoms with Crippen molar-refractivity contribution >= 4 is 12.0 Å². The number of hydrogen-bond acceptors (Lipinski definition) is 2. The van der Waals surface area contributed by atoms with E-state index in [1.54, 1.807) is 18.2 Å². The number of hydrogen-bond donors (Lipinski definition) is 1. The normalized spacial score (nSPS) is 16.0. The lowest BCUT2D eigenvalue weighted by Crippen LogP contribution is -2.34. The van der Waals surface area contributed by atoms with E-state index in [0.717, 1.165) is 37.1 Å².